The van der Waals surface area contributed by atoms with Gasteiger partial charge in [-0.2, -0.15) is 5.10 Å². The highest BCUT2D eigenvalue weighted by Crippen LogP contribution is 2.11. The van der Waals surface area contributed by atoms with Crippen LogP contribution in [0.25, 0.3) is 0 Å². The smallest absolute Gasteiger partial charge is 0.329 e. The summed E-state index contributed by atoms with van der Waals surface area (Å²) in [5.41, 5.74) is 3.91. The van der Waals surface area contributed by atoms with Crippen molar-refractivity contribution in [3.63, 3.8) is 0 Å². The first-order valence-electron chi connectivity index (χ1n) is 8.02. The van der Waals surface area contributed by atoms with E-state index in [2.05, 4.69) is 15.8 Å². The average Bonchev–Trinajstić information content (AvgIpc) is 2.64. The molecule has 0 aromatic heterocycles. The molecule has 0 radical (unpaired) electrons. The number of hydrogen-bond acceptors (Lipinski definition) is 4. The Morgan fingerprint density at radius 2 is 1.76 bits per heavy atom. The summed E-state index contributed by atoms with van der Waals surface area (Å²) in [4.78, 5) is 23.7. The zero-order chi connectivity index (χ0) is 18.1. The molecule has 0 saturated heterocycles. The zero-order valence-electron chi connectivity index (χ0n) is 14.2. The van der Waals surface area contributed by atoms with E-state index in [1.165, 1.54) is 6.21 Å². The Hall–Kier alpha value is -3.15. The molecular weight excluding hydrogens is 318 g/mol. The number of hydrazone groups is 1. The van der Waals surface area contributed by atoms with E-state index in [-0.39, 0.29) is 6.04 Å². The van der Waals surface area contributed by atoms with Gasteiger partial charge < -0.3 is 10.1 Å². The summed E-state index contributed by atoms with van der Waals surface area (Å²) in [6.45, 7) is 4.32. The average molecular weight is 339 g/mol. The van der Waals surface area contributed by atoms with Crippen LogP contribution < -0.4 is 15.5 Å². The fraction of sp³-hybridized carbons (Fsp3) is 0.211. The van der Waals surface area contributed by atoms with Crippen LogP contribution in [0.15, 0.2) is 59.7 Å². The maximum absolute atomic E-state index is 11.9. The monoisotopic (exact) mass is 339 g/mol. The molecule has 0 spiro atoms. The molecule has 0 aliphatic heterocycles. The van der Waals surface area contributed by atoms with Gasteiger partial charge in [0.25, 0.3) is 0 Å². The molecule has 25 heavy (non-hydrogen) atoms. The predicted octanol–water partition coefficient (Wildman–Crippen LogP) is 2.41. The summed E-state index contributed by atoms with van der Waals surface area (Å²) >= 11 is 0. The van der Waals surface area contributed by atoms with Crippen LogP contribution >= 0.6 is 0 Å². The highest BCUT2D eigenvalue weighted by atomic mass is 16.5. The SMILES string of the molecule is CCOc1ccc(/C=N\NC(=O)C(=O)N[C@H](C)c2ccccc2)cc1. The van der Waals surface area contributed by atoms with Crippen molar-refractivity contribution in [3.05, 3.63) is 65.7 Å². The third-order valence-electron chi connectivity index (χ3n) is 3.42. The molecule has 2 aromatic carbocycles. The Kier molecular flexibility index (Phi) is 6.71. The van der Waals surface area contributed by atoms with Crippen molar-refractivity contribution in [1.29, 1.82) is 0 Å². The van der Waals surface area contributed by atoms with E-state index in [1.54, 1.807) is 24.3 Å². The van der Waals surface area contributed by atoms with Gasteiger partial charge in [-0.25, -0.2) is 5.43 Å². The van der Waals surface area contributed by atoms with Gasteiger partial charge in [0, 0.05) is 0 Å². The van der Waals surface area contributed by atoms with Gasteiger partial charge in [-0.05, 0) is 49.2 Å². The second-order valence-electron chi connectivity index (χ2n) is 5.31. The Morgan fingerprint density at radius 1 is 1.08 bits per heavy atom. The minimum absolute atomic E-state index is 0.269. The maximum atomic E-state index is 11.9. The van der Waals surface area contributed by atoms with Crippen molar-refractivity contribution in [3.8, 4) is 5.75 Å². The first-order valence-corrected chi connectivity index (χ1v) is 8.02. The lowest BCUT2D eigenvalue weighted by Crippen LogP contribution is -2.39. The number of nitrogens with zero attached hydrogens (tertiary/aromatic N) is 1. The van der Waals surface area contributed by atoms with Gasteiger partial charge in [-0.1, -0.05) is 30.3 Å². The second kappa shape index (κ2) is 9.22. The highest BCUT2D eigenvalue weighted by Gasteiger charge is 2.16. The zero-order valence-corrected chi connectivity index (χ0v) is 14.2. The number of carbonyl (C=O) groups is 2. The van der Waals surface area contributed by atoms with E-state index >= 15 is 0 Å². The van der Waals surface area contributed by atoms with Crippen molar-refractivity contribution in [1.82, 2.24) is 10.7 Å². The van der Waals surface area contributed by atoms with Crippen LogP contribution in [0.2, 0.25) is 0 Å². The van der Waals surface area contributed by atoms with Crippen LogP contribution in [0.5, 0.6) is 5.75 Å². The number of rotatable bonds is 6. The topological polar surface area (TPSA) is 79.8 Å². The lowest BCUT2D eigenvalue weighted by atomic mass is 10.1. The van der Waals surface area contributed by atoms with Crippen molar-refractivity contribution in [2.24, 2.45) is 5.10 Å². The van der Waals surface area contributed by atoms with Crippen LogP contribution in [0.4, 0.5) is 0 Å². The molecule has 0 heterocycles. The van der Waals surface area contributed by atoms with Crippen LogP contribution in [-0.2, 0) is 9.59 Å². The number of ether oxygens (including phenoxy) is 1. The fourth-order valence-electron chi connectivity index (χ4n) is 2.12. The number of benzene rings is 2. The Balaban J connectivity index is 1.83. The molecule has 2 aromatic rings. The summed E-state index contributed by atoms with van der Waals surface area (Å²) in [5.74, 6) is -0.789. The molecule has 1 atom stereocenters. The minimum atomic E-state index is -0.815. The van der Waals surface area contributed by atoms with Gasteiger partial charge in [0.05, 0.1) is 18.9 Å². The summed E-state index contributed by atoms with van der Waals surface area (Å²) in [5, 5.41) is 6.42. The van der Waals surface area contributed by atoms with E-state index in [9.17, 15) is 9.59 Å². The number of hydrogen-bond donors (Lipinski definition) is 2. The molecule has 6 heteroatoms. The van der Waals surface area contributed by atoms with E-state index < -0.39 is 11.8 Å². The standard InChI is InChI=1S/C19H21N3O3/c1-3-25-17-11-9-15(10-12-17)13-20-22-19(24)18(23)21-14(2)16-7-5-4-6-8-16/h4-14H,3H2,1-2H3,(H,21,23)(H,22,24)/b20-13-/t14-/m1/s1. The molecule has 0 saturated carbocycles. The number of nitrogens with one attached hydrogen (secondary N) is 2. The minimum Gasteiger partial charge on any atom is -0.494 e. The van der Waals surface area contributed by atoms with Crippen LogP contribution in [0.1, 0.15) is 31.0 Å². The molecule has 0 unspecified atom stereocenters. The van der Waals surface area contributed by atoms with Crippen LogP contribution in [-0.4, -0.2) is 24.6 Å². The molecule has 2 amide bonds. The largest absolute Gasteiger partial charge is 0.494 e. The van der Waals surface area contributed by atoms with E-state index in [1.807, 2.05) is 44.2 Å². The van der Waals surface area contributed by atoms with Crippen LogP contribution in [0.3, 0.4) is 0 Å². The van der Waals surface area contributed by atoms with Gasteiger partial charge in [0.2, 0.25) is 0 Å². The Morgan fingerprint density at radius 3 is 2.40 bits per heavy atom. The van der Waals surface area contributed by atoms with Crippen LogP contribution in [0, 0.1) is 0 Å². The quantitative estimate of drug-likeness (QED) is 0.482. The molecule has 0 aliphatic carbocycles. The molecule has 0 fully saturated rings. The third kappa shape index (κ3) is 5.76. The third-order valence-corrected chi connectivity index (χ3v) is 3.42. The van der Waals surface area contributed by atoms with Gasteiger partial charge in [0.15, 0.2) is 0 Å². The lowest BCUT2D eigenvalue weighted by molar-refractivity contribution is -0.139. The van der Waals surface area contributed by atoms with Gasteiger partial charge in [-0.3, -0.25) is 9.59 Å². The van der Waals surface area contributed by atoms with E-state index in [0.717, 1.165) is 16.9 Å². The summed E-state index contributed by atoms with van der Waals surface area (Å²) in [6, 6.07) is 16.4. The van der Waals surface area contributed by atoms with Crippen molar-refractivity contribution in [2.45, 2.75) is 19.9 Å². The summed E-state index contributed by atoms with van der Waals surface area (Å²) in [7, 11) is 0. The molecule has 2 N–H and O–H groups in total. The Bertz CT molecular complexity index is 727. The predicted molar refractivity (Wildman–Crippen MR) is 96.3 cm³/mol. The molecular formula is C19H21N3O3. The number of carbonyl (C=O) groups excluding carboxylic acids is 2. The van der Waals surface area contributed by atoms with Crippen molar-refractivity contribution < 1.29 is 14.3 Å². The van der Waals surface area contributed by atoms with E-state index in [0.29, 0.717) is 6.61 Å². The fourth-order valence-corrected chi connectivity index (χ4v) is 2.12. The molecule has 2 rings (SSSR count). The van der Waals surface area contributed by atoms with Gasteiger partial charge in [0.1, 0.15) is 5.75 Å². The summed E-state index contributed by atoms with van der Waals surface area (Å²) < 4.78 is 5.34. The first kappa shape index (κ1) is 18.2. The van der Waals surface area contributed by atoms with Gasteiger partial charge in [-0.15, -0.1) is 0 Å². The molecule has 130 valence electrons. The lowest BCUT2D eigenvalue weighted by Gasteiger charge is -2.13. The normalized spacial score (nSPS) is 11.8. The molecule has 0 aliphatic rings. The maximum Gasteiger partial charge on any atom is 0.329 e. The van der Waals surface area contributed by atoms with E-state index in [4.69, 9.17) is 4.74 Å². The van der Waals surface area contributed by atoms with Gasteiger partial charge >= 0.3 is 11.8 Å². The Labute approximate surface area is 146 Å². The summed E-state index contributed by atoms with van der Waals surface area (Å²) in [6.07, 6.45) is 1.46. The molecule has 6 nitrogen and oxygen atoms in total. The molecule has 0 bridgehead atoms. The van der Waals surface area contributed by atoms with Crippen molar-refractivity contribution >= 4 is 18.0 Å². The second-order valence-corrected chi connectivity index (χ2v) is 5.31. The first-order chi connectivity index (χ1) is 12.1. The highest BCUT2D eigenvalue weighted by molar-refractivity contribution is 6.35. The number of amides is 2. The van der Waals surface area contributed by atoms with Crippen molar-refractivity contribution in [2.75, 3.05) is 6.61 Å².